The molecular formula is C20H22N6O2. The first-order valence-electron chi connectivity index (χ1n) is 9.44. The van der Waals surface area contributed by atoms with Crippen molar-refractivity contribution in [1.29, 1.82) is 0 Å². The molecule has 1 atom stereocenters. The maximum absolute atomic E-state index is 12.7. The highest BCUT2D eigenvalue weighted by molar-refractivity contribution is 5.92. The number of hydrogen-bond acceptors (Lipinski definition) is 7. The number of carbonyl (C=O) groups excluding carboxylic acids is 1. The van der Waals surface area contributed by atoms with Gasteiger partial charge in [0.25, 0.3) is 5.91 Å². The maximum Gasteiger partial charge on any atom is 0.272 e. The van der Waals surface area contributed by atoms with Crippen LogP contribution < -0.4 is 0 Å². The fourth-order valence-electron chi connectivity index (χ4n) is 3.74. The third kappa shape index (κ3) is 3.62. The van der Waals surface area contributed by atoms with Gasteiger partial charge in [0.15, 0.2) is 0 Å². The van der Waals surface area contributed by atoms with Crippen LogP contribution in [0.3, 0.4) is 0 Å². The summed E-state index contributed by atoms with van der Waals surface area (Å²) in [6.45, 7) is 4.53. The van der Waals surface area contributed by atoms with Crippen LogP contribution in [-0.2, 0) is 6.42 Å². The molecule has 0 spiro atoms. The molecule has 0 aromatic carbocycles. The van der Waals surface area contributed by atoms with Gasteiger partial charge >= 0.3 is 0 Å². The number of carbonyl (C=O) groups is 1. The number of aryl methyl sites for hydroxylation is 3. The summed E-state index contributed by atoms with van der Waals surface area (Å²) in [6.07, 6.45) is 10.2. The van der Waals surface area contributed by atoms with E-state index in [1.165, 1.54) is 6.33 Å². The van der Waals surface area contributed by atoms with E-state index in [2.05, 4.69) is 25.1 Å². The van der Waals surface area contributed by atoms with Crippen LogP contribution in [0.15, 0.2) is 35.5 Å². The third-order valence-corrected chi connectivity index (χ3v) is 5.17. The summed E-state index contributed by atoms with van der Waals surface area (Å²) in [7, 11) is 0. The summed E-state index contributed by atoms with van der Waals surface area (Å²) >= 11 is 0. The van der Waals surface area contributed by atoms with Crippen molar-refractivity contribution in [2.75, 3.05) is 6.54 Å². The zero-order valence-electron chi connectivity index (χ0n) is 16.0. The van der Waals surface area contributed by atoms with E-state index in [-0.39, 0.29) is 11.9 Å². The molecule has 8 nitrogen and oxygen atoms in total. The van der Waals surface area contributed by atoms with Crippen molar-refractivity contribution in [1.82, 2.24) is 30.0 Å². The van der Waals surface area contributed by atoms with E-state index in [0.717, 1.165) is 60.6 Å². The molecule has 0 aliphatic carbocycles. The van der Waals surface area contributed by atoms with Gasteiger partial charge in [-0.05, 0) is 45.6 Å². The highest BCUT2D eigenvalue weighted by atomic mass is 16.5. The summed E-state index contributed by atoms with van der Waals surface area (Å²) < 4.78 is 5.20. The molecule has 0 N–H and O–H groups in total. The Kier molecular flexibility index (Phi) is 5.10. The molecule has 1 amide bonds. The first-order valence-corrected chi connectivity index (χ1v) is 9.44. The van der Waals surface area contributed by atoms with Gasteiger partial charge in [-0.15, -0.1) is 0 Å². The van der Waals surface area contributed by atoms with E-state index < -0.39 is 0 Å². The number of nitrogens with zero attached hydrogens (tertiary/aromatic N) is 6. The summed E-state index contributed by atoms with van der Waals surface area (Å²) in [5.74, 6) is 0.717. The Morgan fingerprint density at radius 3 is 2.82 bits per heavy atom. The molecule has 144 valence electrons. The zero-order chi connectivity index (χ0) is 19.5. The van der Waals surface area contributed by atoms with Crippen LogP contribution in [-0.4, -0.2) is 48.5 Å². The Morgan fingerprint density at radius 1 is 1.25 bits per heavy atom. The molecule has 0 bridgehead atoms. The molecule has 3 aromatic heterocycles. The van der Waals surface area contributed by atoms with E-state index in [9.17, 15) is 4.79 Å². The lowest BCUT2D eigenvalue weighted by Gasteiger charge is -2.24. The quantitative estimate of drug-likeness (QED) is 0.673. The smallest absolute Gasteiger partial charge is 0.272 e. The molecule has 3 aromatic rings. The highest BCUT2D eigenvalue weighted by Gasteiger charge is 2.29. The van der Waals surface area contributed by atoms with Gasteiger partial charge in [-0.1, -0.05) is 5.16 Å². The summed E-state index contributed by atoms with van der Waals surface area (Å²) in [5.41, 5.74) is 3.84. The molecule has 1 saturated heterocycles. The van der Waals surface area contributed by atoms with Crippen LogP contribution in [0.5, 0.6) is 0 Å². The summed E-state index contributed by atoms with van der Waals surface area (Å²) in [4.78, 5) is 31.7. The third-order valence-electron chi connectivity index (χ3n) is 5.17. The summed E-state index contributed by atoms with van der Waals surface area (Å²) in [6, 6.07) is 1.86. The zero-order valence-corrected chi connectivity index (χ0v) is 16.0. The second kappa shape index (κ2) is 7.84. The Labute approximate surface area is 163 Å². The van der Waals surface area contributed by atoms with Crippen LogP contribution in [0.2, 0.25) is 0 Å². The van der Waals surface area contributed by atoms with E-state index >= 15 is 0 Å². The number of amides is 1. The minimum absolute atomic E-state index is 0.0234. The second-order valence-electron chi connectivity index (χ2n) is 7.02. The Hall–Kier alpha value is -3.16. The largest absolute Gasteiger partial charge is 0.361 e. The Bertz CT molecular complexity index is 935. The van der Waals surface area contributed by atoms with E-state index in [0.29, 0.717) is 5.69 Å². The van der Waals surface area contributed by atoms with Crippen molar-refractivity contribution in [3.63, 3.8) is 0 Å². The molecule has 1 aliphatic rings. The van der Waals surface area contributed by atoms with Gasteiger partial charge in [0.05, 0.1) is 28.8 Å². The molecule has 1 fully saturated rings. The monoisotopic (exact) mass is 378 g/mol. The van der Waals surface area contributed by atoms with Gasteiger partial charge < -0.3 is 9.42 Å². The minimum Gasteiger partial charge on any atom is -0.361 e. The molecule has 4 rings (SSSR count). The molecule has 4 heterocycles. The average Bonchev–Trinajstić information content (AvgIpc) is 3.33. The minimum atomic E-state index is -0.0234. The fraction of sp³-hybridized carbons (Fsp3) is 0.400. The molecule has 1 unspecified atom stereocenters. The topological polar surface area (TPSA) is 97.9 Å². The molecule has 8 heteroatoms. The van der Waals surface area contributed by atoms with Gasteiger partial charge in [0, 0.05) is 25.0 Å². The highest BCUT2D eigenvalue weighted by Crippen LogP contribution is 2.25. The number of aromatic nitrogens is 5. The van der Waals surface area contributed by atoms with Crippen molar-refractivity contribution < 1.29 is 9.32 Å². The van der Waals surface area contributed by atoms with Crippen molar-refractivity contribution in [3.8, 4) is 11.3 Å². The van der Waals surface area contributed by atoms with Crippen LogP contribution in [0.4, 0.5) is 0 Å². The normalized spacial score (nSPS) is 16.5. The lowest BCUT2D eigenvalue weighted by Crippen LogP contribution is -2.36. The van der Waals surface area contributed by atoms with Crippen LogP contribution in [0.25, 0.3) is 11.3 Å². The average molecular weight is 378 g/mol. The van der Waals surface area contributed by atoms with Crippen LogP contribution in [0, 0.1) is 13.8 Å². The number of likely N-dealkylation sites (tertiary alicyclic amines) is 1. The first kappa shape index (κ1) is 18.2. The van der Waals surface area contributed by atoms with Crippen molar-refractivity contribution >= 4 is 5.91 Å². The molecule has 0 saturated carbocycles. The van der Waals surface area contributed by atoms with Crippen molar-refractivity contribution in [2.45, 2.75) is 45.6 Å². The SMILES string of the molecule is Cc1noc(C)c1-c1cnc(CCC2CCCN2C(=O)c2ccncn2)cn1. The van der Waals surface area contributed by atoms with Gasteiger partial charge in [0.2, 0.25) is 0 Å². The standard InChI is InChI=1S/C20H22N6O2/c1-13-19(14(2)28-25-13)18-11-22-15(10-23-18)5-6-16-4-3-9-26(16)20(27)17-7-8-21-12-24-17/h7-8,10-12,16H,3-6,9H2,1-2H3. The van der Waals surface area contributed by atoms with E-state index in [1.807, 2.05) is 18.7 Å². The molecule has 28 heavy (non-hydrogen) atoms. The Balaban J connectivity index is 1.40. The Morgan fingerprint density at radius 2 is 2.14 bits per heavy atom. The maximum atomic E-state index is 12.7. The first-order chi connectivity index (χ1) is 13.6. The lowest BCUT2D eigenvalue weighted by atomic mass is 10.1. The number of hydrogen-bond donors (Lipinski definition) is 0. The van der Waals surface area contributed by atoms with Crippen molar-refractivity contribution in [3.05, 3.63) is 53.8 Å². The van der Waals surface area contributed by atoms with Gasteiger partial charge in [0.1, 0.15) is 17.8 Å². The predicted octanol–water partition coefficient (Wildman–Crippen LogP) is 2.78. The van der Waals surface area contributed by atoms with Gasteiger partial charge in [-0.3, -0.25) is 14.8 Å². The lowest BCUT2D eigenvalue weighted by molar-refractivity contribution is 0.0724. The van der Waals surface area contributed by atoms with E-state index in [4.69, 9.17) is 4.52 Å². The van der Waals surface area contributed by atoms with Crippen LogP contribution >= 0.6 is 0 Å². The second-order valence-corrected chi connectivity index (χ2v) is 7.02. The predicted molar refractivity (Wildman–Crippen MR) is 101 cm³/mol. The fourth-order valence-corrected chi connectivity index (χ4v) is 3.74. The molecule has 0 radical (unpaired) electrons. The van der Waals surface area contributed by atoms with Gasteiger partial charge in [-0.25, -0.2) is 9.97 Å². The van der Waals surface area contributed by atoms with Gasteiger partial charge in [-0.2, -0.15) is 0 Å². The molecule has 1 aliphatic heterocycles. The summed E-state index contributed by atoms with van der Waals surface area (Å²) in [5, 5.41) is 3.96. The van der Waals surface area contributed by atoms with Crippen molar-refractivity contribution in [2.24, 2.45) is 0 Å². The molecular weight excluding hydrogens is 356 g/mol. The number of rotatable bonds is 5. The van der Waals surface area contributed by atoms with Crippen LogP contribution in [0.1, 0.15) is 46.9 Å². The van der Waals surface area contributed by atoms with E-state index in [1.54, 1.807) is 24.7 Å².